The third-order valence-electron chi connectivity index (χ3n) is 4.17. The predicted octanol–water partition coefficient (Wildman–Crippen LogP) is -2.07. The molecule has 1 fully saturated rings. The maximum absolute atomic E-state index is 12.2. The van der Waals surface area contributed by atoms with E-state index in [4.69, 9.17) is 16.2 Å². The summed E-state index contributed by atoms with van der Waals surface area (Å²) in [7, 11) is 0. The fourth-order valence-electron chi connectivity index (χ4n) is 2.86. The molecule has 5 atom stereocenters. The van der Waals surface area contributed by atoms with E-state index in [1.165, 1.54) is 29.0 Å². The normalized spacial score (nSPS) is 26.2. The third kappa shape index (κ3) is 3.53. The van der Waals surface area contributed by atoms with Crippen LogP contribution < -0.4 is 16.8 Å². The smallest absolute Gasteiger partial charge is 0.335 e. The number of carboxylic acid groups (broad SMARTS) is 1. The molecule has 7 N–H and O–H groups in total. The van der Waals surface area contributed by atoms with Crippen molar-refractivity contribution >= 4 is 40.6 Å². The Bertz CT molecular complexity index is 861. The van der Waals surface area contributed by atoms with Gasteiger partial charge in [-0.05, 0) is 6.26 Å². The molecular weight excluding hydrogens is 378 g/mol. The number of carbonyl (C=O) groups excluding carboxylic acids is 1. The number of thioether (sulfide) groups is 1. The van der Waals surface area contributed by atoms with Gasteiger partial charge in [-0.2, -0.15) is 11.8 Å². The number of anilines is 1. The number of carbonyl (C=O) groups is 2. The zero-order valence-electron chi connectivity index (χ0n) is 14.2. The first kappa shape index (κ1) is 19.3. The molecule has 0 spiro atoms. The number of amides is 1. The van der Waals surface area contributed by atoms with Crippen LogP contribution in [0.15, 0.2) is 12.7 Å². The van der Waals surface area contributed by atoms with Gasteiger partial charge in [0.1, 0.15) is 17.9 Å². The van der Waals surface area contributed by atoms with Crippen molar-refractivity contribution in [1.82, 2.24) is 24.8 Å². The summed E-state index contributed by atoms with van der Waals surface area (Å²) in [6.07, 6.45) is 0.303. The lowest BCUT2D eigenvalue weighted by atomic mass is 10.1. The van der Waals surface area contributed by atoms with Crippen molar-refractivity contribution in [3.63, 3.8) is 0 Å². The van der Waals surface area contributed by atoms with Crippen LogP contribution in [0.3, 0.4) is 0 Å². The van der Waals surface area contributed by atoms with Crippen LogP contribution >= 0.6 is 11.8 Å². The minimum absolute atomic E-state index is 0.133. The van der Waals surface area contributed by atoms with Crippen LogP contribution in [-0.2, 0) is 14.3 Å². The van der Waals surface area contributed by atoms with Crippen LogP contribution in [0, 0.1) is 0 Å². The molecule has 0 aromatic carbocycles. The molecule has 1 saturated heterocycles. The maximum atomic E-state index is 12.2. The number of nitrogens with one attached hydrogen (secondary N) is 1. The Morgan fingerprint density at radius 1 is 1.44 bits per heavy atom. The molecule has 146 valence electrons. The number of carboxylic acids is 1. The van der Waals surface area contributed by atoms with Gasteiger partial charge in [-0.1, -0.05) is 0 Å². The van der Waals surface area contributed by atoms with Gasteiger partial charge < -0.3 is 31.7 Å². The second-order valence-corrected chi connectivity index (χ2v) is 6.87. The standard InChI is InChI=1S/C14H19N7O5S/c1-27-2-5(15)12(23)20-6-8(22)13(26-9(6)14(24)25)21-4-19-7-10(16)17-3-18-11(7)21/h3-6,8-9,13,22H,2,15H2,1H3,(H,20,23)(H,24,25)(H2,16,17,18)/t5?,6-,8+,9-,13+/m0/s1. The van der Waals surface area contributed by atoms with Crippen molar-refractivity contribution in [2.24, 2.45) is 5.73 Å². The van der Waals surface area contributed by atoms with E-state index in [2.05, 4.69) is 20.3 Å². The summed E-state index contributed by atoms with van der Waals surface area (Å²) in [6, 6.07) is -2.05. The van der Waals surface area contributed by atoms with Crippen LogP contribution in [0.5, 0.6) is 0 Å². The first-order chi connectivity index (χ1) is 12.8. The van der Waals surface area contributed by atoms with Gasteiger partial charge in [0.15, 0.2) is 23.8 Å². The monoisotopic (exact) mass is 397 g/mol. The van der Waals surface area contributed by atoms with Crippen LogP contribution in [0.25, 0.3) is 11.2 Å². The fraction of sp³-hybridized carbons (Fsp3) is 0.500. The molecule has 0 aliphatic carbocycles. The Morgan fingerprint density at radius 2 is 2.19 bits per heavy atom. The van der Waals surface area contributed by atoms with E-state index in [9.17, 15) is 19.8 Å². The van der Waals surface area contributed by atoms with Crippen molar-refractivity contribution in [3.05, 3.63) is 12.7 Å². The molecule has 2 aromatic heterocycles. The molecule has 13 heteroatoms. The minimum atomic E-state index is -1.48. The van der Waals surface area contributed by atoms with E-state index >= 15 is 0 Å². The summed E-state index contributed by atoms with van der Waals surface area (Å²) in [4.78, 5) is 35.7. The number of aliphatic carboxylic acids is 1. The van der Waals surface area contributed by atoms with Crippen molar-refractivity contribution < 1.29 is 24.5 Å². The summed E-state index contributed by atoms with van der Waals surface area (Å²) < 4.78 is 6.84. The van der Waals surface area contributed by atoms with E-state index in [1.807, 2.05) is 0 Å². The second-order valence-electron chi connectivity index (χ2n) is 5.96. The van der Waals surface area contributed by atoms with Crippen molar-refractivity contribution in [2.45, 2.75) is 30.5 Å². The van der Waals surface area contributed by atoms with Crippen LogP contribution in [0.2, 0.25) is 0 Å². The summed E-state index contributed by atoms with van der Waals surface area (Å²) in [5, 5.41) is 22.6. The van der Waals surface area contributed by atoms with Gasteiger partial charge >= 0.3 is 5.97 Å². The van der Waals surface area contributed by atoms with Gasteiger partial charge in [-0.15, -0.1) is 0 Å². The third-order valence-corrected chi connectivity index (χ3v) is 4.86. The lowest BCUT2D eigenvalue weighted by Gasteiger charge is -2.21. The number of ether oxygens (including phenoxy) is 1. The van der Waals surface area contributed by atoms with Gasteiger partial charge in [-0.3, -0.25) is 9.36 Å². The zero-order valence-corrected chi connectivity index (χ0v) is 15.0. The zero-order chi connectivity index (χ0) is 19.7. The number of fused-ring (bicyclic) bond motifs is 1. The fourth-order valence-corrected chi connectivity index (χ4v) is 3.37. The lowest BCUT2D eigenvalue weighted by Crippen LogP contribution is -2.54. The molecular formula is C14H19N7O5S. The number of hydrogen-bond acceptors (Lipinski definition) is 10. The van der Waals surface area contributed by atoms with E-state index in [0.717, 1.165) is 0 Å². The number of nitrogen functional groups attached to an aromatic ring is 1. The molecule has 12 nitrogen and oxygen atoms in total. The van der Waals surface area contributed by atoms with E-state index in [0.29, 0.717) is 5.75 Å². The number of rotatable bonds is 6. The summed E-state index contributed by atoms with van der Waals surface area (Å²) in [5.74, 6) is -1.43. The highest BCUT2D eigenvalue weighted by Crippen LogP contribution is 2.32. The number of hydrogen-bond donors (Lipinski definition) is 5. The molecule has 2 aromatic rings. The molecule has 1 amide bonds. The Labute approximate surface area is 157 Å². The molecule has 1 aliphatic heterocycles. The number of aliphatic hydroxyl groups excluding tert-OH is 1. The molecule has 27 heavy (non-hydrogen) atoms. The van der Waals surface area contributed by atoms with Crippen LogP contribution in [0.1, 0.15) is 6.23 Å². The van der Waals surface area contributed by atoms with Gasteiger partial charge in [0.2, 0.25) is 5.91 Å². The average Bonchev–Trinajstić information content (AvgIpc) is 3.18. The summed E-state index contributed by atoms with van der Waals surface area (Å²) >= 11 is 1.37. The topological polar surface area (TPSA) is 191 Å². The number of imidazole rings is 1. The Hall–Kier alpha value is -2.48. The SMILES string of the molecule is CSCC(N)C(=O)N[C@H]1[C@@H](O)[C@H](n2cnc3c(N)ncnc32)O[C@@H]1C(=O)O. The largest absolute Gasteiger partial charge is 0.479 e. The minimum Gasteiger partial charge on any atom is -0.479 e. The number of aliphatic hydroxyl groups is 1. The Kier molecular flexibility index (Phi) is 5.46. The number of aromatic nitrogens is 4. The second kappa shape index (κ2) is 7.64. The highest BCUT2D eigenvalue weighted by molar-refractivity contribution is 7.98. The van der Waals surface area contributed by atoms with Crippen molar-refractivity contribution in [3.8, 4) is 0 Å². The van der Waals surface area contributed by atoms with Crippen LogP contribution in [-0.4, -0.2) is 77.9 Å². The Balaban J connectivity index is 1.89. The van der Waals surface area contributed by atoms with E-state index in [1.54, 1.807) is 6.26 Å². The van der Waals surface area contributed by atoms with Crippen molar-refractivity contribution in [2.75, 3.05) is 17.7 Å². The quantitative estimate of drug-likeness (QED) is 0.359. The summed E-state index contributed by atoms with van der Waals surface area (Å²) in [5.41, 5.74) is 12.0. The molecule has 3 rings (SSSR count). The molecule has 0 saturated carbocycles. The first-order valence-corrected chi connectivity index (χ1v) is 9.28. The highest BCUT2D eigenvalue weighted by Gasteiger charge is 2.49. The van der Waals surface area contributed by atoms with E-state index in [-0.39, 0.29) is 17.0 Å². The van der Waals surface area contributed by atoms with Gasteiger partial charge in [0.25, 0.3) is 0 Å². The molecule has 1 aliphatic rings. The molecule has 1 unspecified atom stereocenters. The molecule has 0 radical (unpaired) electrons. The lowest BCUT2D eigenvalue weighted by molar-refractivity contribution is -0.152. The van der Waals surface area contributed by atoms with Crippen LogP contribution in [0.4, 0.5) is 5.82 Å². The Morgan fingerprint density at radius 3 is 2.85 bits per heavy atom. The van der Waals surface area contributed by atoms with Crippen molar-refractivity contribution in [1.29, 1.82) is 0 Å². The van der Waals surface area contributed by atoms with Gasteiger partial charge in [0.05, 0.1) is 18.4 Å². The molecule has 3 heterocycles. The first-order valence-electron chi connectivity index (χ1n) is 7.89. The van der Waals surface area contributed by atoms with E-state index < -0.39 is 42.4 Å². The summed E-state index contributed by atoms with van der Waals surface area (Å²) in [6.45, 7) is 0. The highest BCUT2D eigenvalue weighted by atomic mass is 32.2. The predicted molar refractivity (Wildman–Crippen MR) is 95.6 cm³/mol. The number of nitrogens with two attached hydrogens (primary N) is 2. The maximum Gasteiger partial charge on any atom is 0.335 e. The van der Waals surface area contributed by atoms with Gasteiger partial charge in [0, 0.05) is 5.75 Å². The number of nitrogens with zero attached hydrogens (tertiary/aromatic N) is 4. The molecule has 0 bridgehead atoms. The van der Waals surface area contributed by atoms with Gasteiger partial charge in [-0.25, -0.2) is 19.7 Å². The average molecular weight is 397 g/mol.